The van der Waals surface area contributed by atoms with Crippen molar-refractivity contribution >= 4 is 31.9 Å². The van der Waals surface area contributed by atoms with E-state index in [1.54, 1.807) is 7.11 Å². The molecule has 1 aliphatic heterocycles. The predicted molar refractivity (Wildman–Crippen MR) is 80.7 cm³/mol. The summed E-state index contributed by atoms with van der Waals surface area (Å²) in [6.45, 7) is 5.06. The van der Waals surface area contributed by atoms with E-state index in [9.17, 15) is 0 Å². The lowest BCUT2D eigenvalue weighted by Crippen LogP contribution is -2.28. The Bertz CT molecular complexity index is 440. The Morgan fingerprint density at radius 3 is 2.72 bits per heavy atom. The summed E-state index contributed by atoms with van der Waals surface area (Å²) in [5, 5.41) is 0. The number of alkyl halides is 1. The highest BCUT2D eigenvalue weighted by atomic mass is 79.9. The zero-order valence-corrected chi connectivity index (χ0v) is 14.1. The number of hydrogen-bond acceptors (Lipinski definition) is 2. The van der Waals surface area contributed by atoms with Crippen molar-refractivity contribution in [2.75, 3.05) is 13.7 Å². The summed E-state index contributed by atoms with van der Waals surface area (Å²) in [6.07, 6.45) is 2.19. The molecule has 0 aromatic heterocycles. The van der Waals surface area contributed by atoms with Gasteiger partial charge < -0.3 is 9.47 Å². The largest absolute Gasteiger partial charge is 0.496 e. The lowest BCUT2D eigenvalue weighted by atomic mass is 9.92. The van der Waals surface area contributed by atoms with Gasteiger partial charge >= 0.3 is 0 Å². The number of halogens is 2. The molecule has 1 aromatic rings. The number of hydrogen-bond donors (Lipinski definition) is 0. The molecule has 2 nitrogen and oxygen atoms in total. The van der Waals surface area contributed by atoms with Crippen molar-refractivity contribution in [1.29, 1.82) is 0 Å². The monoisotopic (exact) mass is 376 g/mol. The summed E-state index contributed by atoms with van der Waals surface area (Å²) in [6, 6.07) is 4.19. The summed E-state index contributed by atoms with van der Waals surface area (Å²) >= 11 is 7.38. The number of ether oxygens (including phenoxy) is 2. The molecule has 0 aliphatic carbocycles. The van der Waals surface area contributed by atoms with E-state index < -0.39 is 0 Å². The summed E-state index contributed by atoms with van der Waals surface area (Å²) < 4.78 is 12.5. The maximum atomic E-state index is 5.91. The highest BCUT2D eigenvalue weighted by Crippen LogP contribution is 2.46. The zero-order chi connectivity index (χ0) is 13.3. The maximum absolute atomic E-state index is 5.91. The summed E-state index contributed by atoms with van der Waals surface area (Å²) in [5.74, 6) is 0.911. The van der Waals surface area contributed by atoms with Crippen LogP contribution in [0.2, 0.25) is 0 Å². The molecule has 2 atom stereocenters. The third-order valence-corrected chi connectivity index (χ3v) is 5.89. The van der Waals surface area contributed by atoms with E-state index >= 15 is 0 Å². The van der Waals surface area contributed by atoms with Gasteiger partial charge in [0.1, 0.15) is 5.75 Å². The van der Waals surface area contributed by atoms with Gasteiger partial charge in [0.2, 0.25) is 0 Å². The number of benzene rings is 1. The molecule has 1 aliphatic rings. The minimum atomic E-state index is -0.151. The van der Waals surface area contributed by atoms with Gasteiger partial charge in [-0.05, 0) is 44.4 Å². The molecule has 1 heterocycles. The fraction of sp³-hybridized carbons (Fsp3) is 0.571. The van der Waals surface area contributed by atoms with Crippen LogP contribution in [0.3, 0.4) is 0 Å². The van der Waals surface area contributed by atoms with Crippen molar-refractivity contribution in [3.63, 3.8) is 0 Å². The second-order valence-electron chi connectivity index (χ2n) is 4.97. The van der Waals surface area contributed by atoms with Gasteiger partial charge in [-0.1, -0.05) is 31.9 Å². The smallest absolute Gasteiger partial charge is 0.123 e. The highest BCUT2D eigenvalue weighted by Gasteiger charge is 2.39. The Balaban J connectivity index is 2.40. The normalized spacial score (nSPS) is 25.2. The van der Waals surface area contributed by atoms with Crippen molar-refractivity contribution in [2.45, 2.75) is 37.1 Å². The molecule has 0 bridgehead atoms. The van der Waals surface area contributed by atoms with Crippen molar-refractivity contribution < 1.29 is 9.47 Å². The van der Waals surface area contributed by atoms with Crippen LogP contribution in [0.5, 0.6) is 5.75 Å². The molecule has 4 heteroatoms. The van der Waals surface area contributed by atoms with E-state index in [2.05, 4.69) is 57.8 Å². The molecule has 2 rings (SSSR count). The van der Waals surface area contributed by atoms with Gasteiger partial charge in [-0.15, -0.1) is 0 Å². The second-order valence-corrected chi connectivity index (χ2v) is 6.74. The van der Waals surface area contributed by atoms with Crippen LogP contribution in [0.1, 0.15) is 35.7 Å². The quantitative estimate of drug-likeness (QED) is 0.706. The minimum Gasteiger partial charge on any atom is -0.496 e. The SMILES string of the molecule is COc1cc(C)c(Br)cc1C(Br)C1(C)CCCO1. The Hall–Kier alpha value is -0.0600. The first-order chi connectivity index (χ1) is 8.48. The third kappa shape index (κ3) is 2.61. The Kier molecular flexibility index (Phi) is 4.40. The molecule has 18 heavy (non-hydrogen) atoms. The first-order valence-corrected chi connectivity index (χ1v) is 7.81. The van der Waals surface area contributed by atoms with E-state index in [1.165, 1.54) is 5.56 Å². The topological polar surface area (TPSA) is 18.5 Å². The zero-order valence-electron chi connectivity index (χ0n) is 10.9. The molecule has 1 saturated heterocycles. The Morgan fingerprint density at radius 2 is 2.17 bits per heavy atom. The van der Waals surface area contributed by atoms with Gasteiger partial charge in [0.15, 0.2) is 0 Å². The van der Waals surface area contributed by atoms with Gasteiger partial charge in [0.25, 0.3) is 0 Å². The summed E-state index contributed by atoms with van der Waals surface area (Å²) in [4.78, 5) is 0.138. The third-order valence-electron chi connectivity index (χ3n) is 3.57. The van der Waals surface area contributed by atoms with Gasteiger partial charge in [0.05, 0.1) is 17.5 Å². The Labute approximate surface area is 125 Å². The van der Waals surface area contributed by atoms with Crippen molar-refractivity contribution in [2.24, 2.45) is 0 Å². The molecule has 1 fully saturated rings. The van der Waals surface area contributed by atoms with Crippen LogP contribution in [0.15, 0.2) is 16.6 Å². The van der Waals surface area contributed by atoms with Crippen LogP contribution in [0.4, 0.5) is 0 Å². The van der Waals surface area contributed by atoms with E-state index in [0.29, 0.717) is 0 Å². The van der Waals surface area contributed by atoms with E-state index in [1.807, 2.05) is 0 Å². The van der Waals surface area contributed by atoms with Gasteiger partial charge in [0, 0.05) is 16.6 Å². The first-order valence-electron chi connectivity index (χ1n) is 6.10. The fourth-order valence-electron chi connectivity index (χ4n) is 2.37. The van der Waals surface area contributed by atoms with Gasteiger partial charge in [-0.3, -0.25) is 0 Å². The molecular weight excluding hydrogens is 360 g/mol. The van der Waals surface area contributed by atoms with Crippen LogP contribution in [-0.2, 0) is 4.74 Å². The number of methoxy groups -OCH3 is 1. The molecule has 0 radical (unpaired) electrons. The van der Waals surface area contributed by atoms with E-state index in [0.717, 1.165) is 35.2 Å². The highest BCUT2D eigenvalue weighted by molar-refractivity contribution is 9.10. The number of aryl methyl sites for hydroxylation is 1. The first kappa shape index (κ1) is 14.4. The van der Waals surface area contributed by atoms with Crippen LogP contribution in [0, 0.1) is 6.92 Å². The van der Waals surface area contributed by atoms with Crippen LogP contribution in [0.25, 0.3) is 0 Å². The molecule has 2 unspecified atom stereocenters. The van der Waals surface area contributed by atoms with E-state index in [4.69, 9.17) is 9.47 Å². The maximum Gasteiger partial charge on any atom is 0.123 e. The van der Waals surface area contributed by atoms with Crippen molar-refractivity contribution in [3.8, 4) is 5.75 Å². The fourth-order valence-corrected chi connectivity index (χ4v) is 3.45. The van der Waals surface area contributed by atoms with Crippen LogP contribution < -0.4 is 4.74 Å². The lowest BCUT2D eigenvalue weighted by molar-refractivity contribution is 0.0193. The molecule has 1 aromatic carbocycles. The lowest BCUT2D eigenvalue weighted by Gasteiger charge is -2.30. The van der Waals surface area contributed by atoms with Crippen LogP contribution >= 0.6 is 31.9 Å². The van der Waals surface area contributed by atoms with Gasteiger partial charge in [-0.2, -0.15) is 0 Å². The molecular formula is C14H18Br2O2. The number of rotatable bonds is 3. The van der Waals surface area contributed by atoms with E-state index in [-0.39, 0.29) is 10.4 Å². The van der Waals surface area contributed by atoms with Gasteiger partial charge in [-0.25, -0.2) is 0 Å². The van der Waals surface area contributed by atoms with Crippen molar-refractivity contribution in [3.05, 3.63) is 27.7 Å². The van der Waals surface area contributed by atoms with Crippen LogP contribution in [-0.4, -0.2) is 19.3 Å². The van der Waals surface area contributed by atoms with Crippen molar-refractivity contribution in [1.82, 2.24) is 0 Å². The Morgan fingerprint density at radius 1 is 1.44 bits per heavy atom. The molecule has 0 N–H and O–H groups in total. The standard InChI is InChI=1S/C14H18Br2O2/c1-9-7-12(17-3)10(8-11(9)15)13(16)14(2)5-4-6-18-14/h7-8,13H,4-6H2,1-3H3. The summed E-state index contributed by atoms with van der Waals surface area (Å²) in [5.41, 5.74) is 2.16. The second kappa shape index (κ2) is 5.51. The minimum absolute atomic E-state index is 0.138. The average Bonchev–Trinajstić information content (AvgIpc) is 2.79. The average molecular weight is 378 g/mol. The molecule has 0 spiro atoms. The molecule has 0 amide bonds. The predicted octanol–water partition coefficient (Wildman–Crippen LogP) is 4.77. The molecule has 0 saturated carbocycles. The molecule has 100 valence electrons. The summed E-state index contributed by atoms with van der Waals surface area (Å²) in [7, 11) is 1.71.